The lowest BCUT2D eigenvalue weighted by atomic mass is 9.77. The molecule has 0 fully saturated rings. The SMILES string of the molecule is CCCCC(C)(Pc1ccc(C)cc1C(C)(C)O)c1cc(C(C)(C)C)cc(C(C)(C)C)c1O. The molecule has 0 aliphatic heterocycles. The first-order valence-electron chi connectivity index (χ1n) is 12.4. The van der Waals surface area contributed by atoms with Crippen LogP contribution in [0, 0.1) is 6.92 Å². The Balaban J connectivity index is 2.80. The number of hydrogen-bond acceptors (Lipinski definition) is 2. The second-order valence-corrected chi connectivity index (χ2v) is 14.5. The first-order valence-corrected chi connectivity index (χ1v) is 13.4. The van der Waals surface area contributed by atoms with Gasteiger partial charge in [0.15, 0.2) is 0 Å². The van der Waals surface area contributed by atoms with Crippen LogP contribution < -0.4 is 5.30 Å². The second kappa shape index (κ2) is 9.71. The minimum atomic E-state index is -0.911. The minimum Gasteiger partial charge on any atom is -0.507 e. The van der Waals surface area contributed by atoms with Crippen molar-refractivity contribution in [1.29, 1.82) is 0 Å². The molecule has 0 aromatic heterocycles. The zero-order valence-electron chi connectivity index (χ0n) is 22.9. The van der Waals surface area contributed by atoms with E-state index in [1.165, 1.54) is 10.9 Å². The first kappa shape index (κ1) is 27.9. The molecule has 0 saturated carbocycles. The number of unbranched alkanes of at least 4 members (excludes halogenated alkanes) is 1. The number of rotatable bonds is 7. The summed E-state index contributed by atoms with van der Waals surface area (Å²) in [6, 6.07) is 10.9. The molecule has 2 aromatic carbocycles. The standard InChI is InChI=1S/C30H47O2P/c1-12-13-16-30(11,33-25-15-14-20(2)17-22(25)29(9,10)32)24-19-21(27(3,4)5)18-23(26(24)31)28(6,7)8/h14-15,17-19,31-33H,12-13,16H2,1-11H3. The molecule has 2 rings (SSSR count). The topological polar surface area (TPSA) is 40.5 Å². The van der Waals surface area contributed by atoms with Gasteiger partial charge in [0.1, 0.15) is 5.75 Å². The van der Waals surface area contributed by atoms with Crippen LogP contribution in [0.25, 0.3) is 0 Å². The third kappa shape index (κ3) is 6.61. The lowest BCUT2D eigenvalue weighted by Crippen LogP contribution is -2.28. The summed E-state index contributed by atoms with van der Waals surface area (Å²) in [6.45, 7) is 23.6. The zero-order chi connectivity index (χ0) is 25.4. The van der Waals surface area contributed by atoms with Gasteiger partial charge in [0.2, 0.25) is 0 Å². The lowest BCUT2D eigenvalue weighted by Gasteiger charge is -2.36. The molecular formula is C30H47O2P. The highest BCUT2D eigenvalue weighted by atomic mass is 31.1. The molecule has 2 unspecified atom stereocenters. The average Bonchev–Trinajstić information content (AvgIpc) is 2.65. The molecule has 33 heavy (non-hydrogen) atoms. The molecule has 0 amide bonds. The summed E-state index contributed by atoms with van der Waals surface area (Å²) in [5, 5.41) is 23.6. The Morgan fingerprint density at radius 2 is 1.36 bits per heavy atom. The van der Waals surface area contributed by atoms with E-state index in [-0.39, 0.29) is 16.0 Å². The second-order valence-electron chi connectivity index (χ2n) is 12.6. The normalized spacial score (nSPS) is 15.3. The van der Waals surface area contributed by atoms with Crippen LogP contribution in [0.5, 0.6) is 5.75 Å². The van der Waals surface area contributed by atoms with Crippen LogP contribution in [-0.4, -0.2) is 10.2 Å². The smallest absolute Gasteiger partial charge is 0.123 e. The van der Waals surface area contributed by atoms with E-state index in [1.54, 1.807) is 0 Å². The van der Waals surface area contributed by atoms with Gasteiger partial charge in [-0.05, 0) is 60.0 Å². The highest BCUT2D eigenvalue weighted by Gasteiger charge is 2.35. The van der Waals surface area contributed by atoms with Crippen LogP contribution in [0.2, 0.25) is 0 Å². The third-order valence-corrected chi connectivity index (χ3v) is 8.43. The predicted molar refractivity (Wildman–Crippen MR) is 147 cm³/mol. The van der Waals surface area contributed by atoms with E-state index in [4.69, 9.17) is 0 Å². The van der Waals surface area contributed by atoms with E-state index in [0.717, 1.165) is 41.5 Å². The maximum atomic E-state index is 11.7. The maximum Gasteiger partial charge on any atom is 0.123 e. The van der Waals surface area contributed by atoms with Crippen LogP contribution in [0.1, 0.15) is 116 Å². The van der Waals surface area contributed by atoms with Crippen molar-refractivity contribution >= 4 is 13.9 Å². The summed E-state index contributed by atoms with van der Waals surface area (Å²) in [4.78, 5) is 0. The fourth-order valence-electron chi connectivity index (χ4n) is 4.43. The molecule has 2 nitrogen and oxygen atoms in total. The van der Waals surface area contributed by atoms with Crippen molar-refractivity contribution in [1.82, 2.24) is 0 Å². The van der Waals surface area contributed by atoms with E-state index < -0.39 is 5.60 Å². The molecule has 0 spiro atoms. The summed E-state index contributed by atoms with van der Waals surface area (Å²) >= 11 is 0. The molecular weight excluding hydrogens is 423 g/mol. The molecule has 2 N–H and O–H groups in total. The van der Waals surface area contributed by atoms with E-state index in [1.807, 2.05) is 13.8 Å². The van der Waals surface area contributed by atoms with Crippen molar-refractivity contribution in [2.24, 2.45) is 0 Å². The maximum absolute atomic E-state index is 11.7. The molecule has 0 aliphatic carbocycles. The number of phenols is 1. The number of aromatic hydroxyl groups is 1. The van der Waals surface area contributed by atoms with Gasteiger partial charge >= 0.3 is 0 Å². The number of phenolic OH excluding ortho intramolecular Hbond substituents is 1. The Bertz CT molecular complexity index is 971. The Kier molecular flexibility index (Phi) is 8.20. The largest absolute Gasteiger partial charge is 0.507 e. The molecule has 0 radical (unpaired) electrons. The Hall–Kier alpha value is -1.37. The quantitative estimate of drug-likeness (QED) is 0.403. The van der Waals surface area contributed by atoms with Gasteiger partial charge in [0.25, 0.3) is 0 Å². The van der Waals surface area contributed by atoms with Crippen molar-refractivity contribution in [3.8, 4) is 5.75 Å². The first-order chi connectivity index (χ1) is 14.9. The lowest BCUT2D eigenvalue weighted by molar-refractivity contribution is 0.0796. The Labute approximate surface area is 205 Å². The summed E-state index contributed by atoms with van der Waals surface area (Å²) in [7, 11) is 0.440. The fourth-order valence-corrected chi connectivity index (χ4v) is 6.33. The van der Waals surface area contributed by atoms with Gasteiger partial charge in [0.05, 0.1) is 5.60 Å². The van der Waals surface area contributed by atoms with Gasteiger partial charge in [0, 0.05) is 10.7 Å². The summed E-state index contributed by atoms with van der Waals surface area (Å²) in [6.07, 6.45) is 3.20. The zero-order valence-corrected chi connectivity index (χ0v) is 23.9. The molecule has 0 bridgehead atoms. The van der Waals surface area contributed by atoms with Crippen LogP contribution in [0.3, 0.4) is 0 Å². The van der Waals surface area contributed by atoms with Crippen molar-refractivity contribution in [3.05, 3.63) is 58.1 Å². The molecule has 0 heterocycles. The molecule has 2 aromatic rings. The fraction of sp³-hybridized carbons (Fsp3) is 0.600. The van der Waals surface area contributed by atoms with E-state index in [0.29, 0.717) is 14.3 Å². The predicted octanol–water partition coefficient (Wildman–Crippen LogP) is 7.93. The van der Waals surface area contributed by atoms with Gasteiger partial charge in [-0.3, -0.25) is 0 Å². The molecule has 184 valence electrons. The van der Waals surface area contributed by atoms with Crippen molar-refractivity contribution in [2.45, 2.75) is 117 Å². The van der Waals surface area contributed by atoms with E-state index in [9.17, 15) is 10.2 Å². The molecule has 2 atom stereocenters. The van der Waals surface area contributed by atoms with Crippen LogP contribution >= 0.6 is 8.58 Å². The van der Waals surface area contributed by atoms with Crippen molar-refractivity contribution in [2.75, 3.05) is 0 Å². The summed E-state index contributed by atoms with van der Waals surface area (Å²) < 4.78 is 0. The Morgan fingerprint density at radius 1 is 0.788 bits per heavy atom. The summed E-state index contributed by atoms with van der Waals surface area (Å²) in [5.41, 5.74) is 4.40. The van der Waals surface area contributed by atoms with Gasteiger partial charge in [-0.15, -0.1) is 0 Å². The molecule has 0 aliphatic rings. The van der Waals surface area contributed by atoms with Crippen molar-refractivity contribution in [3.63, 3.8) is 0 Å². The number of aryl methyl sites for hydroxylation is 1. The van der Waals surface area contributed by atoms with Gasteiger partial charge in [-0.25, -0.2) is 0 Å². The summed E-state index contributed by atoms with van der Waals surface area (Å²) in [5.74, 6) is 0.443. The Morgan fingerprint density at radius 3 is 1.85 bits per heavy atom. The number of benzene rings is 2. The van der Waals surface area contributed by atoms with Crippen LogP contribution in [0.4, 0.5) is 0 Å². The minimum absolute atomic E-state index is 0.0145. The highest BCUT2D eigenvalue weighted by Crippen LogP contribution is 2.52. The van der Waals surface area contributed by atoms with E-state index in [2.05, 4.69) is 92.6 Å². The average molecular weight is 471 g/mol. The van der Waals surface area contributed by atoms with Crippen LogP contribution in [-0.2, 0) is 21.6 Å². The highest BCUT2D eigenvalue weighted by molar-refractivity contribution is 7.48. The van der Waals surface area contributed by atoms with Crippen LogP contribution in [0.15, 0.2) is 30.3 Å². The van der Waals surface area contributed by atoms with Gasteiger partial charge < -0.3 is 10.2 Å². The van der Waals surface area contributed by atoms with Gasteiger partial charge in [-0.2, -0.15) is 0 Å². The van der Waals surface area contributed by atoms with E-state index >= 15 is 0 Å². The van der Waals surface area contributed by atoms with Crippen molar-refractivity contribution < 1.29 is 10.2 Å². The monoisotopic (exact) mass is 470 g/mol. The molecule has 3 heteroatoms. The third-order valence-electron chi connectivity index (χ3n) is 6.65. The van der Waals surface area contributed by atoms with Gasteiger partial charge in [-0.1, -0.05) is 113 Å². The number of aliphatic hydroxyl groups is 1. The molecule has 0 saturated heterocycles. The number of hydrogen-bond donors (Lipinski definition) is 2.